The van der Waals surface area contributed by atoms with E-state index in [-0.39, 0.29) is 17.9 Å². The van der Waals surface area contributed by atoms with Crippen molar-refractivity contribution in [1.82, 2.24) is 5.32 Å². The number of hydrogen-bond acceptors (Lipinski definition) is 2. The van der Waals surface area contributed by atoms with E-state index in [2.05, 4.69) is 5.32 Å². The first-order valence-electron chi connectivity index (χ1n) is 7.99. The molecule has 1 aromatic heterocycles. The van der Waals surface area contributed by atoms with Crippen molar-refractivity contribution >= 4 is 16.9 Å². The average Bonchev–Trinajstić information content (AvgIpc) is 3.21. The summed E-state index contributed by atoms with van der Waals surface area (Å²) in [5.41, 5.74) is 0.883. The first-order valence-corrected chi connectivity index (χ1v) is 7.99. The Hall–Kier alpha value is -1.77. The highest BCUT2D eigenvalue weighted by Gasteiger charge is 2.43. The molecule has 0 radical (unpaired) electrons. The predicted octanol–water partition coefficient (Wildman–Crippen LogP) is 4.05. The van der Waals surface area contributed by atoms with E-state index in [1.54, 1.807) is 0 Å². The molecule has 4 atom stereocenters. The minimum atomic E-state index is -0.0657. The number of amides is 1. The molecule has 3 heteroatoms. The molecule has 2 saturated carbocycles. The number of rotatable bonds is 3. The van der Waals surface area contributed by atoms with E-state index in [0.717, 1.165) is 29.1 Å². The van der Waals surface area contributed by atoms with Gasteiger partial charge in [-0.05, 0) is 50.2 Å². The number of hydrogen-bond donors (Lipinski definition) is 1. The van der Waals surface area contributed by atoms with E-state index in [4.69, 9.17) is 4.42 Å². The average molecular weight is 283 g/mol. The summed E-state index contributed by atoms with van der Waals surface area (Å²) < 4.78 is 5.84. The molecule has 1 aromatic carbocycles. The molecule has 2 fully saturated rings. The molecule has 0 spiro atoms. The molecule has 1 N–H and O–H groups in total. The lowest BCUT2D eigenvalue weighted by molar-refractivity contribution is -0.127. The summed E-state index contributed by atoms with van der Waals surface area (Å²) in [6.07, 6.45) is 4.91. The first-order chi connectivity index (χ1) is 10.2. The van der Waals surface area contributed by atoms with Crippen LogP contribution in [0.25, 0.3) is 11.0 Å². The minimum absolute atomic E-state index is 0.0657. The summed E-state index contributed by atoms with van der Waals surface area (Å²) in [7, 11) is 0. The maximum atomic E-state index is 12.5. The van der Waals surface area contributed by atoms with Gasteiger partial charge in [0.1, 0.15) is 11.3 Å². The van der Waals surface area contributed by atoms with Crippen LogP contribution in [-0.4, -0.2) is 5.91 Å². The number of benzene rings is 1. The van der Waals surface area contributed by atoms with E-state index in [9.17, 15) is 4.79 Å². The van der Waals surface area contributed by atoms with Crippen molar-refractivity contribution in [2.45, 2.75) is 38.6 Å². The van der Waals surface area contributed by atoms with Crippen LogP contribution in [0, 0.1) is 17.8 Å². The third kappa shape index (κ3) is 2.25. The molecule has 2 aromatic rings. The second-order valence-electron chi connectivity index (χ2n) is 6.70. The summed E-state index contributed by atoms with van der Waals surface area (Å²) >= 11 is 0. The van der Waals surface area contributed by atoms with Crippen molar-refractivity contribution in [2.75, 3.05) is 0 Å². The number of carbonyl (C=O) groups excluding carboxylic acids is 1. The second-order valence-corrected chi connectivity index (χ2v) is 6.70. The SMILES string of the molecule is CC(NC(=O)C1CC2CCC1C2)c1cc2ccccc2o1. The fraction of sp³-hybridized carbons (Fsp3) is 0.500. The summed E-state index contributed by atoms with van der Waals surface area (Å²) in [4.78, 5) is 12.5. The number of para-hydroxylation sites is 1. The number of nitrogens with one attached hydrogen (secondary N) is 1. The van der Waals surface area contributed by atoms with Gasteiger partial charge in [-0.1, -0.05) is 24.6 Å². The minimum Gasteiger partial charge on any atom is -0.459 e. The maximum Gasteiger partial charge on any atom is 0.223 e. The van der Waals surface area contributed by atoms with Crippen LogP contribution in [0.1, 0.15) is 44.4 Å². The van der Waals surface area contributed by atoms with Crippen molar-refractivity contribution in [3.8, 4) is 0 Å². The highest BCUT2D eigenvalue weighted by Crippen LogP contribution is 2.48. The van der Waals surface area contributed by atoms with Gasteiger partial charge in [-0.2, -0.15) is 0 Å². The van der Waals surface area contributed by atoms with E-state index in [0.29, 0.717) is 5.92 Å². The molecule has 1 amide bonds. The van der Waals surface area contributed by atoms with Crippen LogP contribution in [0.5, 0.6) is 0 Å². The van der Waals surface area contributed by atoms with Crippen molar-refractivity contribution in [3.05, 3.63) is 36.1 Å². The van der Waals surface area contributed by atoms with Gasteiger partial charge in [0, 0.05) is 11.3 Å². The molecule has 2 aliphatic rings. The molecular weight excluding hydrogens is 262 g/mol. The van der Waals surface area contributed by atoms with Crippen molar-refractivity contribution in [3.63, 3.8) is 0 Å². The Morgan fingerprint density at radius 3 is 2.86 bits per heavy atom. The molecule has 0 aliphatic heterocycles. The van der Waals surface area contributed by atoms with Gasteiger partial charge < -0.3 is 9.73 Å². The van der Waals surface area contributed by atoms with Crippen molar-refractivity contribution < 1.29 is 9.21 Å². The summed E-state index contributed by atoms with van der Waals surface area (Å²) in [6.45, 7) is 2.00. The van der Waals surface area contributed by atoms with E-state index in [1.165, 1.54) is 19.3 Å². The molecule has 0 saturated heterocycles. The van der Waals surface area contributed by atoms with Crippen LogP contribution in [-0.2, 0) is 4.79 Å². The number of carbonyl (C=O) groups is 1. The van der Waals surface area contributed by atoms with Crippen LogP contribution >= 0.6 is 0 Å². The predicted molar refractivity (Wildman–Crippen MR) is 81.7 cm³/mol. The summed E-state index contributed by atoms with van der Waals surface area (Å²) in [6, 6.07) is 9.93. The first kappa shape index (κ1) is 12.9. The van der Waals surface area contributed by atoms with Crippen molar-refractivity contribution in [2.24, 2.45) is 17.8 Å². The van der Waals surface area contributed by atoms with Gasteiger partial charge in [0.05, 0.1) is 6.04 Å². The van der Waals surface area contributed by atoms with Gasteiger partial charge in [-0.25, -0.2) is 0 Å². The molecule has 21 heavy (non-hydrogen) atoms. The monoisotopic (exact) mass is 283 g/mol. The smallest absolute Gasteiger partial charge is 0.223 e. The van der Waals surface area contributed by atoms with Gasteiger partial charge in [-0.3, -0.25) is 4.79 Å². The fourth-order valence-electron chi connectivity index (χ4n) is 4.17. The van der Waals surface area contributed by atoms with Gasteiger partial charge in [0.25, 0.3) is 0 Å². The van der Waals surface area contributed by atoms with Crippen LogP contribution < -0.4 is 5.32 Å². The lowest BCUT2D eigenvalue weighted by Gasteiger charge is -2.22. The molecule has 4 unspecified atom stereocenters. The molecule has 2 aliphatic carbocycles. The molecular formula is C18H21NO2. The van der Waals surface area contributed by atoms with Gasteiger partial charge >= 0.3 is 0 Å². The quantitative estimate of drug-likeness (QED) is 0.923. The Bertz CT molecular complexity index is 642. The Morgan fingerprint density at radius 2 is 2.14 bits per heavy atom. The van der Waals surface area contributed by atoms with Crippen LogP contribution in [0.3, 0.4) is 0 Å². The third-order valence-electron chi connectivity index (χ3n) is 5.30. The largest absolute Gasteiger partial charge is 0.459 e. The maximum absolute atomic E-state index is 12.5. The molecule has 2 bridgehead atoms. The van der Waals surface area contributed by atoms with Crippen LogP contribution in [0.2, 0.25) is 0 Å². The van der Waals surface area contributed by atoms with Gasteiger partial charge in [0.2, 0.25) is 5.91 Å². The Balaban J connectivity index is 1.47. The molecule has 1 heterocycles. The standard InChI is InChI=1S/C18H21NO2/c1-11(17-10-14-4-2-3-5-16(14)21-17)19-18(20)15-9-12-6-7-13(15)8-12/h2-5,10-13,15H,6-9H2,1H3,(H,19,20). The fourth-order valence-corrected chi connectivity index (χ4v) is 4.17. The van der Waals surface area contributed by atoms with Crippen molar-refractivity contribution in [1.29, 1.82) is 0 Å². The number of furan rings is 1. The highest BCUT2D eigenvalue weighted by molar-refractivity contribution is 5.81. The Kier molecular flexibility index (Phi) is 3.02. The van der Waals surface area contributed by atoms with Crippen LogP contribution in [0.4, 0.5) is 0 Å². The molecule has 4 rings (SSSR count). The van der Waals surface area contributed by atoms with Gasteiger partial charge in [-0.15, -0.1) is 0 Å². The molecule has 110 valence electrons. The zero-order chi connectivity index (χ0) is 14.4. The lowest BCUT2D eigenvalue weighted by atomic mass is 9.88. The third-order valence-corrected chi connectivity index (χ3v) is 5.30. The topological polar surface area (TPSA) is 42.2 Å². The van der Waals surface area contributed by atoms with E-state index < -0.39 is 0 Å². The zero-order valence-electron chi connectivity index (χ0n) is 12.3. The van der Waals surface area contributed by atoms with E-state index >= 15 is 0 Å². The lowest BCUT2D eigenvalue weighted by Crippen LogP contribution is -2.35. The normalized spacial score (nSPS) is 28.9. The summed E-state index contributed by atoms with van der Waals surface area (Å²) in [5, 5.41) is 4.24. The zero-order valence-corrected chi connectivity index (χ0v) is 12.3. The van der Waals surface area contributed by atoms with Crippen LogP contribution in [0.15, 0.2) is 34.7 Å². The van der Waals surface area contributed by atoms with E-state index in [1.807, 2.05) is 37.3 Å². The Morgan fingerprint density at radius 1 is 1.29 bits per heavy atom. The molecule has 3 nitrogen and oxygen atoms in total. The highest BCUT2D eigenvalue weighted by atomic mass is 16.3. The summed E-state index contributed by atoms with van der Waals surface area (Å²) in [5.74, 6) is 2.71. The van der Waals surface area contributed by atoms with Gasteiger partial charge in [0.15, 0.2) is 0 Å². The second kappa shape index (κ2) is 4.90. The Labute approximate surface area is 124 Å². The number of fused-ring (bicyclic) bond motifs is 3.